The van der Waals surface area contributed by atoms with Gasteiger partial charge in [0.1, 0.15) is 6.61 Å². The van der Waals surface area contributed by atoms with Gasteiger partial charge in [-0.15, -0.1) is 0 Å². The Kier molecular flexibility index (Phi) is 18.0. The van der Waals surface area contributed by atoms with Gasteiger partial charge in [0, 0.05) is 6.42 Å². The molecule has 1 atom stereocenters. The molecule has 0 heterocycles. The summed E-state index contributed by atoms with van der Waals surface area (Å²) >= 11 is 0. The van der Waals surface area contributed by atoms with Crippen LogP contribution in [0.2, 0.25) is 0 Å². The number of aliphatic carboxylic acids is 1. The summed E-state index contributed by atoms with van der Waals surface area (Å²) in [5, 5.41) is 8.68. The standard InChI is InChI=1S/2C9H16O2/c1-3-5-6-7-9(10)11-8-4-2;1-3-5-7-8(6-4-2)9(10)11/h4H,2-3,5-8H2,1H3;4,6,8H,3,5,7H2,1-2H3,(H,10,11). The lowest BCUT2D eigenvalue weighted by atomic mass is 10.0. The van der Waals surface area contributed by atoms with Gasteiger partial charge in [-0.25, -0.2) is 0 Å². The maximum absolute atomic E-state index is 10.8. The lowest BCUT2D eigenvalue weighted by Gasteiger charge is -2.04. The van der Waals surface area contributed by atoms with Crippen molar-refractivity contribution in [3.63, 3.8) is 0 Å². The van der Waals surface area contributed by atoms with Gasteiger partial charge >= 0.3 is 11.9 Å². The van der Waals surface area contributed by atoms with Crippen LogP contribution in [0.4, 0.5) is 0 Å². The fourth-order valence-corrected chi connectivity index (χ4v) is 1.70. The van der Waals surface area contributed by atoms with Gasteiger partial charge in [0.2, 0.25) is 0 Å². The number of ether oxygens (including phenoxy) is 1. The number of carboxylic acid groups (broad SMARTS) is 1. The van der Waals surface area contributed by atoms with E-state index in [-0.39, 0.29) is 11.9 Å². The first kappa shape index (κ1) is 22.7. The third kappa shape index (κ3) is 16.5. The zero-order chi connectivity index (χ0) is 17.2. The summed E-state index contributed by atoms with van der Waals surface area (Å²) in [6.07, 6.45) is 11.6. The maximum Gasteiger partial charge on any atom is 0.310 e. The molecule has 22 heavy (non-hydrogen) atoms. The average Bonchev–Trinajstić information content (AvgIpc) is 2.50. The number of allylic oxidation sites excluding steroid dienone is 1. The van der Waals surface area contributed by atoms with E-state index in [1.807, 2.05) is 6.92 Å². The summed E-state index contributed by atoms with van der Waals surface area (Å²) in [6, 6.07) is 0. The molecule has 0 saturated carbocycles. The summed E-state index contributed by atoms with van der Waals surface area (Å²) in [7, 11) is 0. The van der Waals surface area contributed by atoms with E-state index in [1.54, 1.807) is 18.2 Å². The van der Waals surface area contributed by atoms with Crippen molar-refractivity contribution >= 4 is 11.9 Å². The van der Waals surface area contributed by atoms with Crippen molar-refractivity contribution < 1.29 is 19.4 Å². The second kappa shape index (κ2) is 17.5. The average molecular weight is 312 g/mol. The summed E-state index contributed by atoms with van der Waals surface area (Å²) in [5.74, 6) is -1.10. The Bertz CT molecular complexity index is 321. The highest BCUT2D eigenvalue weighted by Gasteiger charge is 2.11. The van der Waals surface area contributed by atoms with Gasteiger partial charge in [0.15, 0.2) is 0 Å². The van der Waals surface area contributed by atoms with Crippen molar-refractivity contribution in [3.8, 4) is 0 Å². The highest BCUT2D eigenvalue weighted by molar-refractivity contribution is 5.72. The van der Waals surface area contributed by atoms with Crippen molar-refractivity contribution in [1.29, 1.82) is 0 Å². The number of esters is 1. The first-order valence-electron chi connectivity index (χ1n) is 8.15. The highest BCUT2D eigenvalue weighted by atomic mass is 16.5. The number of carbonyl (C=O) groups is 2. The van der Waals surface area contributed by atoms with Crippen LogP contribution in [0, 0.1) is 5.92 Å². The lowest BCUT2D eigenvalue weighted by molar-refractivity contribution is -0.142. The minimum Gasteiger partial charge on any atom is -0.481 e. The molecule has 0 rings (SSSR count). The molecule has 0 radical (unpaired) electrons. The summed E-state index contributed by atoms with van der Waals surface area (Å²) in [5.41, 5.74) is 0. The predicted molar refractivity (Wildman–Crippen MR) is 90.8 cm³/mol. The maximum atomic E-state index is 10.8. The van der Waals surface area contributed by atoms with Gasteiger partial charge in [0.25, 0.3) is 0 Å². The van der Waals surface area contributed by atoms with Gasteiger partial charge in [-0.05, 0) is 19.8 Å². The minimum absolute atomic E-state index is 0.113. The summed E-state index contributed by atoms with van der Waals surface area (Å²) < 4.78 is 4.78. The molecule has 1 N–H and O–H groups in total. The molecular formula is C18H32O4. The molecule has 128 valence electrons. The van der Waals surface area contributed by atoms with E-state index < -0.39 is 5.97 Å². The smallest absolute Gasteiger partial charge is 0.310 e. The van der Waals surface area contributed by atoms with E-state index in [9.17, 15) is 9.59 Å². The Labute approximate surface area is 135 Å². The van der Waals surface area contributed by atoms with Crippen molar-refractivity contribution in [1.82, 2.24) is 0 Å². The second-order valence-corrected chi connectivity index (χ2v) is 5.04. The molecule has 0 spiro atoms. The van der Waals surface area contributed by atoms with Gasteiger partial charge in [-0.3, -0.25) is 9.59 Å². The minimum atomic E-state index is -0.712. The molecule has 0 aromatic heterocycles. The Hall–Kier alpha value is -1.58. The quantitative estimate of drug-likeness (QED) is 0.340. The van der Waals surface area contributed by atoms with Crippen molar-refractivity contribution in [2.45, 2.75) is 65.7 Å². The Morgan fingerprint density at radius 3 is 2.27 bits per heavy atom. The fraction of sp³-hybridized carbons (Fsp3) is 0.667. The molecule has 0 saturated heterocycles. The normalized spacial score (nSPS) is 11.4. The fourth-order valence-electron chi connectivity index (χ4n) is 1.70. The van der Waals surface area contributed by atoms with E-state index in [2.05, 4.69) is 20.4 Å². The lowest BCUT2D eigenvalue weighted by Crippen LogP contribution is -2.10. The molecule has 4 nitrogen and oxygen atoms in total. The van der Waals surface area contributed by atoms with Crippen LogP contribution < -0.4 is 0 Å². The van der Waals surface area contributed by atoms with Crippen LogP contribution in [-0.2, 0) is 14.3 Å². The number of carbonyl (C=O) groups excluding carboxylic acids is 1. The number of carboxylic acids is 1. The van der Waals surface area contributed by atoms with E-state index in [1.165, 1.54) is 0 Å². The van der Waals surface area contributed by atoms with Gasteiger partial charge in [-0.2, -0.15) is 0 Å². The van der Waals surface area contributed by atoms with Gasteiger partial charge in [0.05, 0.1) is 5.92 Å². The Morgan fingerprint density at radius 1 is 1.18 bits per heavy atom. The number of hydrogen-bond acceptors (Lipinski definition) is 3. The molecule has 0 aromatic carbocycles. The molecule has 1 unspecified atom stereocenters. The summed E-state index contributed by atoms with van der Waals surface area (Å²) in [6.45, 7) is 9.81. The SMILES string of the molecule is C=CCOC(=O)CCCCC.CC=CC(CCCC)C(=O)O. The number of unbranched alkanes of at least 4 members (excludes halogenated alkanes) is 3. The van der Waals surface area contributed by atoms with E-state index in [0.717, 1.165) is 38.5 Å². The molecule has 4 heteroatoms. The molecule has 0 amide bonds. The first-order valence-corrected chi connectivity index (χ1v) is 8.15. The largest absolute Gasteiger partial charge is 0.481 e. The first-order chi connectivity index (χ1) is 10.5. The molecule has 0 aromatic rings. The molecule has 0 aliphatic rings. The predicted octanol–water partition coefficient (Wildman–Crippen LogP) is 4.75. The third-order valence-electron chi connectivity index (χ3n) is 2.96. The molecular weight excluding hydrogens is 280 g/mol. The van der Waals surface area contributed by atoms with E-state index in [0.29, 0.717) is 13.0 Å². The van der Waals surface area contributed by atoms with E-state index >= 15 is 0 Å². The monoisotopic (exact) mass is 312 g/mol. The number of hydrogen-bond donors (Lipinski definition) is 1. The van der Waals surface area contributed by atoms with Crippen LogP contribution in [0.3, 0.4) is 0 Å². The van der Waals surface area contributed by atoms with Gasteiger partial charge < -0.3 is 9.84 Å². The Balaban J connectivity index is 0. The zero-order valence-electron chi connectivity index (χ0n) is 14.3. The van der Waals surface area contributed by atoms with Crippen LogP contribution in [0.1, 0.15) is 65.7 Å². The second-order valence-electron chi connectivity index (χ2n) is 5.04. The zero-order valence-corrected chi connectivity index (χ0v) is 14.3. The van der Waals surface area contributed by atoms with Crippen molar-refractivity contribution in [3.05, 3.63) is 24.8 Å². The summed E-state index contributed by atoms with van der Waals surface area (Å²) in [4.78, 5) is 21.4. The van der Waals surface area contributed by atoms with Crippen LogP contribution in [0.5, 0.6) is 0 Å². The Morgan fingerprint density at radius 2 is 1.82 bits per heavy atom. The van der Waals surface area contributed by atoms with E-state index in [4.69, 9.17) is 9.84 Å². The van der Waals surface area contributed by atoms with Crippen molar-refractivity contribution in [2.75, 3.05) is 6.61 Å². The van der Waals surface area contributed by atoms with Crippen molar-refractivity contribution in [2.24, 2.45) is 5.92 Å². The van der Waals surface area contributed by atoms with Crippen LogP contribution in [0.25, 0.3) is 0 Å². The highest BCUT2D eigenvalue weighted by Crippen LogP contribution is 2.09. The van der Waals surface area contributed by atoms with Crippen LogP contribution >= 0.6 is 0 Å². The van der Waals surface area contributed by atoms with Crippen LogP contribution in [-0.4, -0.2) is 23.7 Å². The molecule has 0 aliphatic heterocycles. The number of rotatable bonds is 11. The van der Waals surface area contributed by atoms with Crippen LogP contribution in [0.15, 0.2) is 24.8 Å². The molecule has 0 bridgehead atoms. The van der Waals surface area contributed by atoms with Gasteiger partial charge in [-0.1, -0.05) is 64.3 Å². The molecule has 0 aliphatic carbocycles. The third-order valence-corrected chi connectivity index (χ3v) is 2.96. The topological polar surface area (TPSA) is 63.6 Å². The molecule has 0 fully saturated rings.